The molecule has 5 heteroatoms. The number of carbonyl (C=O) groups is 2. The average Bonchev–Trinajstić information content (AvgIpc) is 2.64. The maximum absolute atomic E-state index is 12.6. The maximum Gasteiger partial charge on any atom is 0.251 e. The lowest BCUT2D eigenvalue weighted by Crippen LogP contribution is -2.39. The van der Waals surface area contributed by atoms with Crippen LogP contribution < -0.4 is 15.0 Å². The second kappa shape index (κ2) is 8.53. The summed E-state index contributed by atoms with van der Waals surface area (Å²) >= 11 is 0. The summed E-state index contributed by atoms with van der Waals surface area (Å²) in [5.74, 6) is 0.0873. The fourth-order valence-electron chi connectivity index (χ4n) is 2.12. The van der Waals surface area contributed by atoms with Crippen molar-refractivity contribution < 1.29 is 14.3 Å². The molecule has 0 bridgehead atoms. The molecule has 0 unspecified atom stereocenters. The molecule has 2 aromatic rings. The van der Waals surface area contributed by atoms with E-state index in [-0.39, 0.29) is 18.4 Å². The number of nitrogens with zero attached hydrogens (tertiary/aromatic N) is 1. The Hall–Kier alpha value is -3.08. The molecule has 0 aliphatic rings. The highest BCUT2D eigenvalue weighted by Crippen LogP contribution is 2.21. The van der Waals surface area contributed by atoms with Crippen LogP contribution in [-0.2, 0) is 9.59 Å². The third kappa shape index (κ3) is 4.71. The second-order valence-electron chi connectivity index (χ2n) is 5.04. The SMILES string of the molecule is CNC(=O)CN(C(=O)C=Cc1ccccc1)c1cccc(OC)c1. The lowest BCUT2D eigenvalue weighted by molar-refractivity contribution is -0.121. The summed E-state index contributed by atoms with van der Waals surface area (Å²) in [6.45, 7) is -0.0678. The van der Waals surface area contributed by atoms with E-state index in [2.05, 4.69) is 5.32 Å². The fourth-order valence-corrected chi connectivity index (χ4v) is 2.12. The average molecular weight is 324 g/mol. The van der Waals surface area contributed by atoms with Crippen molar-refractivity contribution in [1.82, 2.24) is 5.32 Å². The number of rotatable bonds is 6. The third-order valence-corrected chi connectivity index (χ3v) is 3.43. The summed E-state index contributed by atoms with van der Waals surface area (Å²) in [6, 6.07) is 16.6. The van der Waals surface area contributed by atoms with E-state index < -0.39 is 0 Å². The summed E-state index contributed by atoms with van der Waals surface area (Å²) in [7, 11) is 3.09. The van der Waals surface area contributed by atoms with Gasteiger partial charge in [0.25, 0.3) is 5.91 Å². The van der Waals surface area contributed by atoms with E-state index in [0.29, 0.717) is 11.4 Å². The van der Waals surface area contributed by atoms with Gasteiger partial charge in [-0.05, 0) is 23.8 Å². The van der Waals surface area contributed by atoms with Crippen molar-refractivity contribution in [1.29, 1.82) is 0 Å². The van der Waals surface area contributed by atoms with Gasteiger partial charge in [0.1, 0.15) is 12.3 Å². The molecule has 0 radical (unpaired) electrons. The molecule has 2 aromatic carbocycles. The maximum atomic E-state index is 12.6. The van der Waals surface area contributed by atoms with Gasteiger partial charge in [-0.1, -0.05) is 36.4 Å². The molecular weight excluding hydrogens is 304 g/mol. The normalized spacial score (nSPS) is 10.4. The van der Waals surface area contributed by atoms with Gasteiger partial charge in [0.15, 0.2) is 0 Å². The molecule has 0 atom stereocenters. The van der Waals surface area contributed by atoms with Gasteiger partial charge in [-0.25, -0.2) is 0 Å². The minimum atomic E-state index is -0.282. The van der Waals surface area contributed by atoms with Crippen LogP contribution in [0.1, 0.15) is 5.56 Å². The van der Waals surface area contributed by atoms with Crippen molar-refractivity contribution in [3.05, 3.63) is 66.2 Å². The van der Waals surface area contributed by atoms with Crippen molar-refractivity contribution >= 4 is 23.6 Å². The van der Waals surface area contributed by atoms with Crippen molar-refractivity contribution in [3.63, 3.8) is 0 Å². The van der Waals surface area contributed by atoms with Crippen LogP contribution in [0.2, 0.25) is 0 Å². The number of ether oxygens (including phenoxy) is 1. The van der Waals surface area contributed by atoms with Crippen molar-refractivity contribution in [2.75, 3.05) is 25.6 Å². The van der Waals surface area contributed by atoms with Gasteiger partial charge in [-0.2, -0.15) is 0 Å². The first-order chi connectivity index (χ1) is 11.6. The van der Waals surface area contributed by atoms with Crippen LogP contribution in [-0.4, -0.2) is 32.5 Å². The van der Waals surface area contributed by atoms with Crippen molar-refractivity contribution in [2.45, 2.75) is 0 Å². The Balaban J connectivity index is 2.26. The number of benzene rings is 2. The Kier molecular flexibility index (Phi) is 6.14. The molecule has 0 aliphatic heterocycles. The zero-order valence-corrected chi connectivity index (χ0v) is 13.7. The van der Waals surface area contributed by atoms with Crippen LogP contribution in [0.5, 0.6) is 5.75 Å². The fraction of sp³-hybridized carbons (Fsp3) is 0.158. The largest absolute Gasteiger partial charge is 0.497 e. The van der Waals surface area contributed by atoms with Gasteiger partial charge in [0.05, 0.1) is 7.11 Å². The van der Waals surface area contributed by atoms with Gasteiger partial charge < -0.3 is 10.1 Å². The number of anilines is 1. The lowest BCUT2D eigenvalue weighted by atomic mass is 10.2. The molecule has 0 aromatic heterocycles. The van der Waals surface area contributed by atoms with E-state index in [1.807, 2.05) is 30.3 Å². The number of hydrogen-bond acceptors (Lipinski definition) is 3. The molecule has 2 rings (SSSR count). The minimum absolute atomic E-state index is 0.0678. The number of amides is 2. The summed E-state index contributed by atoms with van der Waals surface area (Å²) in [4.78, 5) is 25.8. The molecule has 24 heavy (non-hydrogen) atoms. The standard InChI is InChI=1S/C19H20N2O3/c1-20-18(22)14-21(16-9-6-10-17(13-16)24-2)19(23)12-11-15-7-4-3-5-8-15/h3-13H,14H2,1-2H3,(H,20,22). The minimum Gasteiger partial charge on any atom is -0.497 e. The van der Waals surface area contributed by atoms with Crippen molar-refractivity contribution in [2.24, 2.45) is 0 Å². The van der Waals surface area contributed by atoms with E-state index in [1.165, 1.54) is 18.0 Å². The molecule has 2 amide bonds. The van der Waals surface area contributed by atoms with Gasteiger partial charge in [-0.3, -0.25) is 14.5 Å². The van der Waals surface area contributed by atoms with Crippen LogP contribution in [0, 0.1) is 0 Å². The number of carbonyl (C=O) groups excluding carboxylic acids is 2. The molecule has 124 valence electrons. The van der Waals surface area contributed by atoms with Crippen LogP contribution in [0.25, 0.3) is 6.08 Å². The van der Waals surface area contributed by atoms with Gasteiger partial charge in [0.2, 0.25) is 5.91 Å². The predicted octanol–water partition coefficient (Wildman–Crippen LogP) is 2.49. The number of likely N-dealkylation sites (N-methyl/N-ethyl adjacent to an activating group) is 1. The van der Waals surface area contributed by atoms with Crippen LogP contribution in [0.3, 0.4) is 0 Å². The molecule has 5 nitrogen and oxygen atoms in total. The Labute approximate surface area is 141 Å². The molecule has 0 saturated carbocycles. The van der Waals surface area contributed by atoms with Gasteiger partial charge >= 0.3 is 0 Å². The summed E-state index contributed by atoms with van der Waals surface area (Å²) in [5, 5.41) is 2.53. The van der Waals surface area contributed by atoms with Crippen LogP contribution >= 0.6 is 0 Å². The highest BCUT2D eigenvalue weighted by Gasteiger charge is 2.17. The molecule has 1 N–H and O–H groups in total. The Morgan fingerprint density at radius 1 is 1.12 bits per heavy atom. The topological polar surface area (TPSA) is 58.6 Å². The Morgan fingerprint density at radius 2 is 1.88 bits per heavy atom. The number of hydrogen-bond donors (Lipinski definition) is 1. The predicted molar refractivity (Wildman–Crippen MR) is 94.9 cm³/mol. The second-order valence-corrected chi connectivity index (χ2v) is 5.04. The smallest absolute Gasteiger partial charge is 0.251 e. The van der Waals surface area contributed by atoms with E-state index in [4.69, 9.17) is 4.74 Å². The van der Waals surface area contributed by atoms with Gasteiger partial charge in [0, 0.05) is 24.9 Å². The number of methoxy groups -OCH3 is 1. The molecule has 0 fully saturated rings. The van der Waals surface area contributed by atoms with E-state index in [9.17, 15) is 9.59 Å². The Bertz CT molecular complexity index is 726. The zero-order chi connectivity index (χ0) is 17.4. The molecule has 0 heterocycles. The quantitative estimate of drug-likeness (QED) is 0.831. The van der Waals surface area contributed by atoms with Crippen LogP contribution in [0.4, 0.5) is 5.69 Å². The van der Waals surface area contributed by atoms with Crippen LogP contribution in [0.15, 0.2) is 60.7 Å². The van der Waals surface area contributed by atoms with E-state index in [1.54, 1.807) is 37.5 Å². The highest BCUT2D eigenvalue weighted by molar-refractivity contribution is 6.06. The van der Waals surface area contributed by atoms with E-state index in [0.717, 1.165) is 5.56 Å². The third-order valence-electron chi connectivity index (χ3n) is 3.43. The first-order valence-corrected chi connectivity index (χ1v) is 7.53. The van der Waals surface area contributed by atoms with Crippen molar-refractivity contribution in [3.8, 4) is 5.75 Å². The summed E-state index contributed by atoms with van der Waals surface area (Å²) in [5.41, 5.74) is 1.51. The van der Waals surface area contributed by atoms with E-state index >= 15 is 0 Å². The highest BCUT2D eigenvalue weighted by atomic mass is 16.5. The van der Waals surface area contributed by atoms with Gasteiger partial charge in [-0.15, -0.1) is 0 Å². The summed E-state index contributed by atoms with van der Waals surface area (Å²) < 4.78 is 5.19. The molecular formula is C19H20N2O3. The molecule has 0 aliphatic carbocycles. The molecule has 0 spiro atoms. The number of nitrogens with one attached hydrogen (secondary N) is 1. The summed E-state index contributed by atoms with van der Waals surface area (Å²) in [6.07, 6.45) is 3.18. The Morgan fingerprint density at radius 3 is 2.54 bits per heavy atom. The zero-order valence-electron chi connectivity index (χ0n) is 13.7. The lowest BCUT2D eigenvalue weighted by Gasteiger charge is -2.21. The molecule has 0 saturated heterocycles. The monoisotopic (exact) mass is 324 g/mol. The first kappa shape index (κ1) is 17.3. The first-order valence-electron chi connectivity index (χ1n) is 7.53.